The Morgan fingerprint density at radius 3 is 2.32 bits per heavy atom. The van der Waals surface area contributed by atoms with Gasteiger partial charge in [0.25, 0.3) is 0 Å². The van der Waals surface area contributed by atoms with Crippen molar-refractivity contribution in [1.29, 1.82) is 0 Å². The Morgan fingerprint density at radius 2 is 1.84 bits per heavy atom. The van der Waals surface area contributed by atoms with E-state index in [0.717, 1.165) is 5.56 Å². The van der Waals surface area contributed by atoms with Gasteiger partial charge < -0.3 is 5.32 Å². The van der Waals surface area contributed by atoms with Gasteiger partial charge in [0.15, 0.2) is 0 Å². The lowest BCUT2D eigenvalue weighted by molar-refractivity contribution is -0.123. The first kappa shape index (κ1) is 15.6. The molecule has 1 amide bonds. The molecule has 1 N–H and O–H groups in total. The van der Waals surface area contributed by atoms with Crippen molar-refractivity contribution in [3.05, 3.63) is 35.6 Å². The Kier molecular flexibility index (Phi) is 5.06. The van der Waals surface area contributed by atoms with Gasteiger partial charge in [-0.05, 0) is 52.4 Å². The van der Waals surface area contributed by atoms with Gasteiger partial charge >= 0.3 is 0 Å². The number of rotatable bonds is 4. The second-order valence-electron chi connectivity index (χ2n) is 5.94. The molecule has 0 unspecified atom stereocenters. The smallest absolute Gasteiger partial charge is 0.234 e. The summed E-state index contributed by atoms with van der Waals surface area (Å²) in [6.45, 7) is 8.17. The van der Waals surface area contributed by atoms with Gasteiger partial charge in [0.2, 0.25) is 5.91 Å². The molecule has 106 valence electrons. The van der Waals surface area contributed by atoms with Gasteiger partial charge in [0.05, 0.1) is 6.54 Å². The van der Waals surface area contributed by atoms with Crippen LogP contribution >= 0.6 is 0 Å². The predicted octanol–water partition coefficient (Wildman–Crippen LogP) is 2.73. The van der Waals surface area contributed by atoms with Crippen molar-refractivity contribution in [2.75, 3.05) is 13.6 Å². The fourth-order valence-corrected chi connectivity index (χ4v) is 1.82. The first-order valence-electron chi connectivity index (χ1n) is 6.46. The number of benzene rings is 1. The third-order valence-corrected chi connectivity index (χ3v) is 2.92. The maximum Gasteiger partial charge on any atom is 0.234 e. The summed E-state index contributed by atoms with van der Waals surface area (Å²) in [5.74, 6) is -0.256. The van der Waals surface area contributed by atoms with Crippen molar-refractivity contribution in [3.63, 3.8) is 0 Å². The molecule has 0 saturated carbocycles. The van der Waals surface area contributed by atoms with Crippen LogP contribution in [0.15, 0.2) is 24.3 Å². The Hall–Kier alpha value is -1.42. The standard InChI is InChI=1S/C15H23FN2O/c1-11(12-6-8-13(16)9-7-12)18(5)10-14(19)17-15(2,3)4/h6-9,11H,10H2,1-5H3,(H,17,19)/t11-/m0/s1. The lowest BCUT2D eigenvalue weighted by Crippen LogP contribution is -2.45. The van der Waals surface area contributed by atoms with Crippen LogP contribution in [0.4, 0.5) is 4.39 Å². The van der Waals surface area contributed by atoms with E-state index in [0.29, 0.717) is 6.54 Å². The number of amides is 1. The van der Waals surface area contributed by atoms with E-state index in [1.807, 2.05) is 39.6 Å². The topological polar surface area (TPSA) is 32.3 Å². The van der Waals surface area contributed by atoms with Gasteiger partial charge in [-0.2, -0.15) is 0 Å². The molecule has 1 aromatic carbocycles. The van der Waals surface area contributed by atoms with Crippen LogP contribution in [-0.4, -0.2) is 29.9 Å². The van der Waals surface area contributed by atoms with Gasteiger partial charge in [-0.15, -0.1) is 0 Å². The van der Waals surface area contributed by atoms with Gasteiger partial charge in [-0.3, -0.25) is 9.69 Å². The predicted molar refractivity (Wildman–Crippen MR) is 75.3 cm³/mol. The average molecular weight is 266 g/mol. The van der Waals surface area contributed by atoms with Gasteiger partial charge in [-0.25, -0.2) is 4.39 Å². The number of likely N-dealkylation sites (N-methyl/N-ethyl adjacent to an activating group) is 1. The van der Waals surface area contributed by atoms with Crippen LogP contribution < -0.4 is 5.32 Å². The highest BCUT2D eigenvalue weighted by Crippen LogP contribution is 2.18. The Bertz CT molecular complexity index is 423. The van der Waals surface area contributed by atoms with Crippen molar-refractivity contribution in [1.82, 2.24) is 10.2 Å². The number of hydrogen-bond donors (Lipinski definition) is 1. The molecule has 3 nitrogen and oxygen atoms in total. The van der Waals surface area contributed by atoms with Crippen molar-refractivity contribution < 1.29 is 9.18 Å². The number of nitrogens with one attached hydrogen (secondary N) is 1. The Labute approximate surface area is 114 Å². The summed E-state index contributed by atoms with van der Waals surface area (Å²) in [5.41, 5.74) is 0.768. The molecule has 0 aliphatic heterocycles. The largest absolute Gasteiger partial charge is 0.350 e. The lowest BCUT2D eigenvalue weighted by Gasteiger charge is -2.27. The zero-order valence-corrected chi connectivity index (χ0v) is 12.3. The van der Waals surface area contributed by atoms with Crippen LogP contribution in [0.25, 0.3) is 0 Å². The number of hydrogen-bond acceptors (Lipinski definition) is 2. The van der Waals surface area contributed by atoms with Crippen LogP contribution in [0, 0.1) is 5.82 Å². The summed E-state index contributed by atoms with van der Waals surface area (Å²) in [7, 11) is 1.89. The molecule has 0 aromatic heterocycles. The summed E-state index contributed by atoms with van der Waals surface area (Å²) in [6, 6.07) is 6.44. The number of nitrogens with zero attached hydrogens (tertiary/aromatic N) is 1. The minimum atomic E-state index is -0.246. The first-order valence-corrected chi connectivity index (χ1v) is 6.46. The average Bonchev–Trinajstić information content (AvgIpc) is 2.26. The minimum Gasteiger partial charge on any atom is -0.350 e. The molecule has 19 heavy (non-hydrogen) atoms. The summed E-state index contributed by atoms with van der Waals surface area (Å²) >= 11 is 0. The van der Waals surface area contributed by atoms with E-state index in [2.05, 4.69) is 5.32 Å². The SMILES string of the molecule is C[C@@H](c1ccc(F)cc1)N(C)CC(=O)NC(C)(C)C. The monoisotopic (exact) mass is 266 g/mol. The fraction of sp³-hybridized carbons (Fsp3) is 0.533. The molecule has 0 heterocycles. The van der Waals surface area contributed by atoms with Crippen LogP contribution in [0.3, 0.4) is 0 Å². The van der Waals surface area contributed by atoms with Crippen molar-refractivity contribution in [3.8, 4) is 0 Å². The van der Waals surface area contributed by atoms with E-state index < -0.39 is 0 Å². The van der Waals surface area contributed by atoms with E-state index in [4.69, 9.17) is 0 Å². The summed E-state index contributed by atoms with van der Waals surface area (Å²) in [6.07, 6.45) is 0. The van der Waals surface area contributed by atoms with Crippen LogP contribution in [-0.2, 0) is 4.79 Å². The molecule has 1 rings (SSSR count). The van der Waals surface area contributed by atoms with Gasteiger partial charge in [-0.1, -0.05) is 12.1 Å². The number of carbonyl (C=O) groups is 1. The second kappa shape index (κ2) is 6.15. The zero-order chi connectivity index (χ0) is 14.6. The van der Waals surface area contributed by atoms with Crippen LogP contribution in [0.2, 0.25) is 0 Å². The maximum absolute atomic E-state index is 12.9. The highest BCUT2D eigenvalue weighted by molar-refractivity contribution is 5.78. The second-order valence-corrected chi connectivity index (χ2v) is 5.94. The van der Waals surface area contributed by atoms with Crippen LogP contribution in [0.1, 0.15) is 39.3 Å². The number of carbonyl (C=O) groups excluding carboxylic acids is 1. The Balaban J connectivity index is 2.60. The summed E-state index contributed by atoms with van der Waals surface area (Å²) in [5, 5.41) is 2.92. The molecule has 0 spiro atoms. The van der Waals surface area contributed by atoms with E-state index in [9.17, 15) is 9.18 Å². The molecule has 0 radical (unpaired) electrons. The zero-order valence-electron chi connectivity index (χ0n) is 12.3. The molecule has 1 atom stereocenters. The van der Waals surface area contributed by atoms with Crippen molar-refractivity contribution in [2.24, 2.45) is 0 Å². The highest BCUT2D eigenvalue weighted by atomic mass is 19.1. The van der Waals surface area contributed by atoms with Crippen molar-refractivity contribution in [2.45, 2.75) is 39.3 Å². The molecule has 0 aliphatic carbocycles. The highest BCUT2D eigenvalue weighted by Gasteiger charge is 2.18. The van der Waals surface area contributed by atoms with E-state index in [1.54, 1.807) is 12.1 Å². The molecule has 4 heteroatoms. The maximum atomic E-state index is 12.9. The molecule has 0 saturated heterocycles. The first-order chi connectivity index (χ1) is 8.69. The third-order valence-electron chi connectivity index (χ3n) is 2.92. The molecule has 0 fully saturated rings. The fourth-order valence-electron chi connectivity index (χ4n) is 1.82. The molecular formula is C15H23FN2O. The van der Waals surface area contributed by atoms with Crippen molar-refractivity contribution >= 4 is 5.91 Å². The normalized spacial score (nSPS) is 13.4. The molecular weight excluding hydrogens is 243 g/mol. The Morgan fingerprint density at radius 1 is 1.32 bits per heavy atom. The number of halogens is 1. The van der Waals surface area contributed by atoms with E-state index in [-0.39, 0.29) is 23.3 Å². The third kappa shape index (κ3) is 5.39. The molecule has 0 bridgehead atoms. The van der Waals surface area contributed by atoms with Gasteiger partial charge in [0, 0.05) is 11.6 Å². The van der Waals surface area contributed by atoms with E-state index >= 15 is 0 Å². The van der Waals surface area contributed by atoms with Crippen LogP contribution in [0.5, 0.6) is 0 Å². The van der Waals surface area contributed by atoms with E-state index in [1.165, 1.54) is 12.1 Å². The molecule has 0 aliphatic rings. The summed E-state index contributed by atoms with van der Waals surface area (Å²) in [4.78, 5) is 13.8. The quantitative estimate of drug-likeness (QED) is 0.909. The summed E-state index contributed by atoms with van der Waals surface area (Å²) < 4.78 is 12.9. The van der Waals surface area contributed by atoms with Gasteiger partial charge in [0.1, 0.15) is 5.82 Å². The lowest BCUT2D eigenvalue weighted by atomic mass is 10.1. The minimum absolute atomic E-state index is 0.0102. The molecule has 1 aromatic rings.